The summed E-state index contributed by atoms with van der Waals surface area (Å²) in [6.07, 6.45) is -3.57. The van der Waals surface area contributed by atoms with Crippen LogP contribution in [0.5, 0.6) is 0 Å². The molecule has 5 nitrogen and oxygen atoms in total. The average molecular weight is 331 g/mol. The van der Waals surface area contributed by atoms with Gasteiger partial charge in [-0.25, -0.2) is 0 Å². The summed E-state index contributed by atoms with van der Waals surface area (Å²) in [7, 11) is 0. The minimum absolute atomic E-state index is 0.0203. The summed E-state index contributed by atoms with van der Waals surface area (Å²) in [5.74, 6) is -1.43. The fourth-order valence-corrected chi connectivity index (χ4v) is 3.42. The molecule has 0 fully saturated rings. The van der Waals surface area contributed by atoms with Crippen molar-refractivity contribution in [2.24, 2.45) is 0 Å². The van der Waals surface area contributed by atoms with Gasteiger partial charge in [-0.15, -0.1) is 11.3 Å². The van der Waals surface area contributed by atoms with Crippen molar-refractivity contribution in [1.29, 1.82) is 0 Å². The highest BCUT2D eigenvalue weighted by atomic mass is 32.1. The van der Waals surface area contributed by atoms with Crippen molar-refractivity contribution < 1.29 is 22.5 Å². The highest BCUT2D eigenvalue weighted by molar-refractivity contribution is 7.10. The topological polar surface area (TPSA) is 59.2 Å². The quantitative estimate of drug-likeness (QED) is 0.848. The van der Waals surface area contributed by atoms with Crippen molar-refractivity contribution in [3.8, 4) is 11.4 Å². The van der Waals surface area contributed by atoms with Gasteiger partial charge in [0, 0.05) is 35.3 Å². The predicted molar refractivity (Wildman–Crippen MR) is 72.0 cm³/mol. The molecule has 118 valence electrons. The Morgan fingerprint density at radius 2 is 2.27 bits per heavy atom. The molecule has 0 N–H and O–H groups in total. The van der Waals surface area contributed by atoms with Gasteiger partial charge in [0.05, 0.1) is 0 Å². The van der Waals surface area contributed by atoms with Gasteiger partial charge in [0.15, 0.2) is 0 Å². The van der Waals surface area contributed by atoms with E-state index >= 15 is 0 Å². The molecule has 0 saturated heterocycles. The van der Waals surface area contributed by atoms with Gasteiger partial charge < -0.3 is 9.42 Å². The smallest absolute Gasteiger partial charge is 0.338 e. The molecule has 0 bridgehead atoms. The molecule has 9 heteroatoms. The molecule has 2 aromatic rings. The first-order chi connectivity index (χ1) is 10.4. The molecule has 0 unspecified atom stereocenters. The van der Waals surface area contributed by atoms with E-state index in [1.54, 1.807) is 17.2 Å². The first-order valence-electron chi connectivity index (χ1n) is 6.68. The van der Waals surface area contributed by atoms with E-state index in [0.29, 0.717) is 31.5 Å². The highest BCUT2D eigenvalue weighted by Crippen LogP contribution is 2.36. The molecule has 0 saturated carbocycles. The average Bonchev–Trinajstić information content (AvgIpc) is 3.11. The summed E-state index contributed by atoms with van der Waals surface area (Å²) in [6.45, 7) is 2.78. The zero-order chi connectivity index (χ0) is 15.9. The van der Waals surface area contributed by atoms with Crippen LogP contribution in [0.2, 0.25) is 0 Å². The Bertz CT molecular complexity index is 708. The molecule has 2 aromatic heterocycles. The summed E-state index contributed by atoms with van der Waals surface area (Å²) in [5.41, 5.74) is 1.32. The van der Waals surface area contributed by atoms with Crippen molar-refractivity contribution in [2.45, 2.75) is 32.5 Å². The SMILES string of the molecule is CCC(=O)N1CCc2scc(-c3noc(C(F)(F)F)n3)c2C1. The third-order valence-electron chi connectivity index (χ3n) is 3.50. The highest BCUT2D eigenvalue weighted by Gasteiger charge is 2.39. The van der Waals surface area contributed by atoms with Crippen molar-refractivity contribution in [1.82, 2.24) is 15.0 Å². The molecule has 1 amide bonds. The first kappa shape index (κ1) is 15.0. The maximum atomic E-state index is 12.5. The van der Waals surface area contributed by atoms with E-state index in [2.05, 4.69) is 14.7 Å². The summed E-state index contributed by atoms with van der Waals surface area (Å²) in [5, 5.41) is 5.14. The van der Waals surface area contributed by atoms with E-state index in [4.69, 9.17) is 0 Å². The van der Waals surface area contributed by atoms with Crippen LogP contribution < -0.4 is 0 Å². The zero-order valence-corrected chi connectivity index (χ0v) is 12.4. The Morgan fingerprint density at radius 1 is 1.50 bits per heavy atom. The second-order valence-corrected chi connectivity index (χ2v) is 5.86. The number of rotatable bonds is 2. The van der Waals surface area contributed by atoms with Crippen LogP contribution >= 0.6 is 11.3 Å². The van der Waals surface area contributed by atoms with E-state index in [1.165, 1.54) is 11.3 Å². The Balaban J connectivity index is 1.93. The Kier molecular flexibility index (Phi) is 3.67. The van der Waals surface area contributed by atoms with Crippen LogP contribution in [-0.2, 0) is 23.9 Å². The number of halogens is 3. The molecule has 3 heterocycles. The van der Waals surface area contributed by atoms with Gasteiger partial charge in [-0.1, -0.05) is 12.1 Å². The fraction of sp³-hybridized carbons (Fsp3) is 0.462. The number of fused-ring (bicyclic) bond motifs is 1. The number of alkyl halides is 3. The number of nitrogens with zero attached hydrogens (tertiary/aromatic N) is 3. The number of hydrogen-bond acceptors (Lipinski definition) is 5. The van der Waals surface area contributed by atoms with E-state index in [0.717, 1.165) is 10.4 Å². The monoisotopic (exact) mass is 331 g/mol. The van der Waals surface area contributed by atoms with Gasteiger partial charge >= 0.3 is 12.1 Å². The molecule has 0 radical (unpaired) electrons. The molecule has 0 aliphatic carbocycles. The maximum absolute atomic E-state index is 12.5. The lowest BCUT2D eigenvalue weighted by atomic mass is 10.0. The maximum Gasteiger partial charge on any atom is 0.471 e. The predicted octanol–water partition coefficient (Wildman–Crippen LogP) is 3.11. The second kappa shape index (κ2) is 5.38. The number of amides is 1. The lowest BCUT2D eigenvalue weighted by Crippen LogP contribution is -2.35. The molecule has 1 aliphatic rings. The molecule has 0 atom stereocenters. The van der Waals surface area contributed by atoms with Gasteiger partial charge in [-0.2, -0.15) is 18.2 Å². The molecule has 3 rings (SSSR count). The number of thiophene rings is 1. The summed E-state index contributed by atoms with van der Waals surface area (Å²) in [4.78, 5) is 18.0. The minimum atomic E-state index is -4.66. The fourth-order valence-electron chi connectivity index (χ4n) is 2.38. The van der Waals surface area contributed by atoms with Crippen molar-refractivity contribution >= 4 is 17.2 Å². The first-order valence-corrected chi connectivity index (χ1v) is 7.56. The van der Waals surface area contributed by atoms with Gasteiger partial charge in [0.25, 0.3) is 0 Å². The standard InChI is InChI=1S/C13H12F3N3O2S/c1-2-10(20)19-4-3-9-7(5-19)8(6-22-9)11-17-12(21-18-11)13(14,15)16/h6H,2-5H2,1H3. The van der Waals surface area contributed by atoms with Crippen LogP contribution in [-0.4, -0.2) is 27.5 Å². The molecular formula is C13H12F3N3O2S. The number of hydrogen-bond donors (Lipinski definition) is 0. The Morgan fingerprint density at radius 3 is 2.91 bits per heavy atom. The minimum Gasteiger partial charge on any atom is -0.338 e. The lowest BCUT2D eigenvalue weighted by Gasteiger charge is -2.27. The Hall–Kier alpha value is -1.90. The van der Waals surface area contributed by atoms with Gasteiger partial charge in [0.1, 0.15) is 0 Å². The Labute approximate surface area is 127 Å². The summed E-state index contributed by atoms with van der Waals surface area (Å²) >= 11 is 1.44. The summed E-state index contributed by atoms with van der Waals surface area (Å²) in [6, 6.07) is 0. The van der Waals surface area contributed by atoms with Gasteiger partial charge in [-0.3, -0.25) is 4.79 Å². The number of aromatic nitrogens is 2. The molecule has 1 aliphatic heterocycles. The van der Waals surface area contributed by atoms with Crippen molar-refractivity contribution in [3.05, 3.63) is 21.7 Å². The van der Waals surface area contributed by atoms with Crippen LogP contribution in [0.15, 0.2) is 9.90 Å². The van der Waals surface area contributed by atoms with E-state index in [-0.39, 0.29) is 11.7 Å². The third kappa shape index (κ3) is 2.60. The van der Waals surface area contributed by atoms with E-state index in [9.17, 15) is 18.0 Å². The molecule has 0 spiro atoms. The third-order valence-corrected chi connectivity index (χ3v) is 4.59. The van der Waals surface area contributed by atoms with E-state index in [1.807, 2.05) is 0 Å². The normalized spacial score (nSPS) is 15.0. The van der Waals surface area contributed by atoms with Crippen molar-refractivity contribution in [3.63, 3.8) is 0 Å². The zero-order valence-electron chi connectivity index (χ0n) is 11.6. The number of carbonyl (C=O) groups is 1. The van der Waals surface area contributed by atoms with Crippen LogP contribution in [0.1, 0.15) is 29.7 Å². The lowest BCUT2D eigenvalue weighted by molar-refractivity contribution is -0.159. The van der Waals surface area contributed by atoms with Crippen LogP contribution in [0.4, 0.5) is 13.2 Å². The van der Waals surface area contributed by atoms with Gasteiger partial charge in [-0.05, 0) is 12.0 Å². The summed E-state index contributed by atoms with van der Waals surface area (Å²) < 4.78 is 41.9. The largest absolute Gasteiger partial charge is 0.471 e. The molecule has 22 heavy (non-hydrogen) atoms. The van der Waals surface area contributed by atoms with Crippen LogP contribution in [0, 0.1) is 0 Å². The number of carbonyl (C=O) groups excluding carboxylic acids is 1. The molecule has 0 aromatic carbocycles. The van der Waals surface area contributed by atoms with Crippen LogP contribution in [0.3, 0.4) is 0 Å². The van der Waals surface area contributed by atoms with Crippen LogP contribution in [0.25, 0.3) is 11.4 Å². The molecular weight excluding hydrogens is 319 g/mol. The van der Waals surface area contributed by atoms with Gasteiger partial charge in [0.2, 0.25) is 11.7 Å². The second-order valence-electron chi connectivity index (χ2n) is 4.89. The van der Waals surface area contributed by atoms with Crippen molar-refractivity contribution in [2.75, 3.05) is 6.54 Å². The van der Waals surface area contributed by atoms with E-state index < -0.39 is 12.1 Å².